The number of rotatable bonds is 6. The normalized spacial score (nSPS) is 10.4. The van der Waals surface area contributed by atoms with Crippen molar-refractivity contribution in [2.75, 3.05) is 6.61 Å². The van der Waals surface area contributed by atoms with E-state index in [0.29, 0.717) is 28.9 Å². The third-order valence-electron chi connectivity index (χ3n) is 3.47. The highest BCUT2D eigenvalue weighted by atomic mass is 35.5. The Morgan fingerprint density at radius 1 is 1.04 bits per heavy atom. The molecule has 0 spiro atoms. The highest BCUT2D eigenvalue weighted by Gasteiger charge is 2.12. The molecule has 2 rings (SSSR count). The lowest BCUT2D eigenvalue weighted by atomic mass is 10.1. The first kappa shape index (κ1) is 18.8. The summed E-state index contributed by atoms with van der Waals surface area (Å²) in [6, 6.07) is 13.4. The smallest absolute Gasteiger partial charge is 0.271 e. The molecule has 2 aromatic rings. The predicted octanol–water partition coefficient (Wildman–Crippen LogP) is 3.84. The van der Waals surface area contributed by atoms with E-state index < -0.39 is 11.8 Å². The van der Waals surface area contributed by atoms with Crippen molar-refractivity contribution < 1.29 is 14.3 Å². The van der Waals surface area contributed by atoms with E-state index in [1.165, 1.54) is 0 Å². The maximum atomic E-state index is 12.2. The Kier molecular flexibility index (Phi) is 6.83. The summed E-state index contributed by atoms with van der Waals surface area (Å²) in [6.45, 7) is 4.83. The fourth-order valence-electron chi connectivity index (χ4n) is 2.04. The molecule has 0 bridgehead atoms. The molecular formula is C19H21ClN2O3. The minimum Gasteiger partial charge on any atom is -0.494 e. The second-order valence-electron chi connectivity index (χ2n) is 5.95. The number of ether oxygens (including phenoxy) is 1. The largest absolute Gasteiger partial charge is 0.494 e. The SMILES string of the molecule is CC(C)CCOc1cccc(C(=O)NNC(=O)c2ccccc2Cl)c1. The number of hydrogen-bond acceptors (Lipinski definition) is 3. The first-order chi connectivity index (χ1) is 12.0. The molecule has 0 saturated carbocycles. The van der Waals surface area contributed by atoms with Gasteiger partial charge in [0.25, 0.3) is 11.8 Å². The van der Waals surface area contributed by atoms with Gasteiger partial charge < -0.3 is 4.74 Å². The van der Waals surface area contributed by atoms with E-state index in [2.05, 4.69) is 24.7 Å². The number of halogens is 1. The average molecular weight is 361 g/mol. The zero-order chi connectivity index (χ0) is 18.2. The van der Waals surface area contributed by atoms with Gasteiger partial charge in [0.1, 0.15) is 5.75 Å². The van der Waals surface area contributed by atoms with Crippen LogP contribution in [-0.4, -0.2) is 18.4 Å². The molecule has 132 valence electrons. The summed E-state index contributed by atoms with van der Waals surface area (Å²) in [5.41, 5.74) is 5.40. The lowest BCUT2D eigenvalue weighted by molar-refractivity contribution is 0.0846. The van der Waals surface area contributed by atoms with Crippen LogP contribution in [0.5, 0.6) is 5.75 Å². The summed E-state index contributed by atoms with van der Waals surface area (Å²) in [5.74, 6) is 0.246. The number of hydrazine groups is 1. The monoisotopic (exact) mass is 360 g/mol. The van der Waals surface area contributed by atoms with Crippen LogP contribution in [0, 0.1) is 5.92 Å². The molecule has 0 saturated heterocycles. The minimum atomic E-state index is -0.483. The average Bonchev–Trinajstić information content (AvgIpc) is 2.59. The quantitative estimate of drug-likeness (QED) is 0.769. The number of nitrogens with one attached hydrogen (secondary N) is 2. The molecular weight excluding hydrogens is 340 g/mol. The molecule has 0 aliphatic carbocycles. The van der Waals surface area contributed by atoms with Gasteiger partial charge in [0.05, 0.1) is 17.2 Å². The standard InChI is InChI=1S/C19H21ClN2O3/c1-13(2)10-11-25-15-7-5-6-14(12-15)18(23)21-22-19(24)16-8-3-4-9-17(16)20/h3-9,12-13H,10-11H2,1-2H3,(H,21,23)(H,22,24). The second kappa shape index (κ2) is 9.08. The van der Waals surface area contributed by atoms with Gasteiger partial charge >= 0.3 is 0 Å². The predicted molar refractivity (Wildman–Crippen MR) is 97.8 cm³/mol. The highest BCUT2D eigenvalue weighted by Crippen LogP contribution is 2.15. The van der Waals surface area contributed by atoms with Gasteiger partial charge in [-0.2, -0.15) is 0 Å². The summed E-state index contributed by atoms with van der Waals surface area (Å²) < 4.78 is 5.63. The molecule has 6 heteroatoms. The summed E-state index contributed by atoms with van der Waals surface area (Å²) in [7, 11) is 0. The maximum absolute atomic E-state index is 12.2. The van der Waals surface area contributed by atoms with E-state index in [1.54, 1.807) is 48.5 Å². The summed E-state index contributed by atoms with van der Waals surface area (Å²) in [5, 5.41) is 0.315. The van der Waals surface area contributed by atoms with Gasteiger partial charge in [0.15, 0.2) is 0 Å². The molecule has 0 atom stereocenters. The van der Waals surface area contributed by atoms with Crippen LogP contribution in [0.1, 0.15) is 41.0 Å². The van der Waals surface area contributed by atoms with Crippen molar-refractivity contribution in [2.45, 2.75) is 20.3 Å². The van der Waals surface area contributed by atoms with Crippen LogP contribution in [0.15, 0.2) is 48.5 Å². The number of carbonyl (C=O) groups excluding carboxylic acids is 2. The number of carbonyl (C=O) groups is 2. The Morgan fingerprint density at radius 3 is 2.48 bits per heavy atom. The maximum Gasteiger partial charge on any atom is 0.271 e. The first-order valence-corrected chi connectivity index (χ1v) is 8.43. The third-order valence-corrected chi connectivity index (χ3v) is 3.80. The number of benzene rings is 2. The van der Waals surface area contributed by atoms with Gasteiger partial charge in [-0.05, 0) is 42.7 Å². The molecule has 0 aromatic heterocycles. The van der Waals surface area contributed by atoms with Gasteiger partial charge in [-0.1, -0.05) is 43.6 Å². The van der Waals surface area contributed by atoms with Crippen LogP contribution in [0.3, 0.4) is 0 Å². The lowest BCUT2D eigenvalue weighted by Crippen LogP contribution is -2.41. The van der Waals surface area contributed by atoms with Crippen molar-refractivity contribution >= 4 is 23.4 Å². The van der Waals surface area contributed by atoms with Crippen molar-refractivity contribution in [1.29, 1.82) is 0 Å². The third kappa shape index (κ3) is 5.80. The molecule has 0 aliphatic heterocycles. The first-order valence-electron chi connectivity index (χ1n) is 8.05. The molecule has 0 aliphatic rings. The number of hydrogen-bond donors (Lipinski definition) is 2. The Bertz CT molecular complexity index is 747. The Hall–Kier alpha value is -2.53. The Labute approximate surface area is 152 Å². The molecule has 0 radical (unpaired) electrons. The molecule has 0 fully saturated rings. The molecule has 2 N–H and O–H groups in total. The van der Waals surface area contributed by atoms with Gasteiger partial charge in [-0.3, -0.25) is 20.4 Å². The molecule has 25 heavy (non-hydrogen) atoms. The molecule has 0 heterocycles. The zero-order valence-electron chi connectivity index (χ0n) is 14.2. The van der Waals surface area contributed by atoms with Crippen LogP contribution in [0.25, 0.3) is 0 Å². The van der Waals surface area contributed by atoms with E-state index in [4.69, 9.17) is 16.3 Å². The molecule has 2 amide bonds. The summed E-state index contributed by atoms with van der Waals surface area (Å²) in [4.78, 5) is 24.2. The van der Waals surface area contributed by atoms with Gasteiger partial charge in [-0.25, -0.2) is 0 Å². The number of amides is 2. The molecule has 2 aromatic carbocycles. The van der Waals surface area contributed by atoms with Crippen LogP contribution in [0.2, 0.25) is 5.02 Å². The molecule has 0 unspecified atom stereocenters. The van der Waals surface area contributed by atoms with Gasteiger partial charge in [-0.15, -0.1) is 0 Å². The Morgan fingerprint density at radius 2 is 1.76 bits per heavy atom. The van der Waals surface area contributed by atoms with Gasteiger partial charge in [0.2, 0.25) is 0 Å². The van der Waals surface area contributed by atoms with Crippen molar-refractivity contribution in [3.05, 3.63) is 64.7 Å². The fraction of sp³-hybridized carbons (Fsp3) is 0.263. The highest BCUT2D eigenvalue weighted by molar-refractivity contribution is 6.33. The topological polar surface area (TPSA) is 67.4 Å². The molecule has 5 nitrogen and oxygen atoms in total. The lowest BCUT2D eigenvalue weighted by Gasteiger charge is -2.11. The second-order valence-corrected chi connectivity index (χ2v) is 6.35. The van der Waals surface area contributed by atoms with Crippen molar-refractivity contribution in [3.63, 3.8) is 0 Å². The van der Waals surface area contributed by atoms with Crippen molar-refractivity contribution in [1.82, 2.24) is 10.9 Å². The van der Waals surface area contributed by atoms with E-state index in [9.17, 15) is 9.59 Å². The van der Waals surface area contributed by atoms with Crippen molar-refractivity contribution in [3.8, 4) is 5.75 Å². The zero-order valence-corrected chi connectivity index (χ0v) is 15.0. The Balaban J connectivity index is 1.92. The van der Waals surface area contributed by atoms with E-state index in [0.717, 1.165) is 6.42 Å². The van der Waals surface area contributed by atoms with Crippen LogP contribution < -0.4 is 15.6 Å². The minimum absolute atomic E-state index is 0.287. The summed E-state index contributed by atoms with van der Waals surface area (Å²) in [6.07, 6.45) is 0.935. The van der Waals surface area contributed by atoms with Crippen LogP contribution in [0.4, 0.5) is 0 Å². The summed E-state index contributed by atoms with van der Waals surface area (Å²) >= 11 is 5.95. The van der Waals surface area contributed by atoms with E-state index >= 15 is 0 Å². The van der Waals surface area contributed by atoms with E-state index in [-0.39, 0.29) is 5.56 Å². The van der Waals surface area contributed by atoms with E-state index in [1.807, 2.05) is 0 Å². The van der Waals surface area contributed by atoms with Crippen LogP contribution >= 0.6 is 11.6 Å². The van der Waals surface area contributed by atoms with Gasteiger partial charge in [0, 0.05) is 5.56 Å². The van der Waals surface area contributed by atoms with Crippen molar-refractivity contribution in [2.24, 2.45) is 5.92 Å². The fourth-order valence-corrected chi connectivity index (χ4v) is 2.26. The van der Waals surface area contributed by atoms with Crippen LogP contribution in [-0.2, 0) is 0 Å².